The summed E-state index contributed by atoms with van der Waals surface area (Å²) in [6.07, 6.45) is 0. The van der Waals surface area contributed by atoms with Gasteiger partial charge >= 0.3 is 0 Å². The van der Waals surface area contributed by atoms with Gasteiger partial charge in [0.15, 0.2) is 17.5 Å². The molecular formula is C10H5ClF3NO2. The van der Waals surface area contributed by atoms with Crippen LogP contribution >= 0.6 is 11.6 Å². The Morgan fingerprint density at radius 1 is 1.24 bits per heavy atom. The first kappa shape index (κ1) is 11.9. The molecule has 0 fully saturated rings. The molecule has 7 heteroatoms. The Kier molecular flexibility index (Phi) is 3.08. The third-order valence-electron chi connectivity index (χ3n) is 2.19. The van der Waals surface area contributed by atoms with Gasteiger partial charge in [0.1, 0.15) is 5.69 Å². The van der Waals surface area contributed by atoms with Crippen molar-refractivity contribution in [2.24, 2.45) is 0 Å². The van der Waals surface area contributed by atoms with Crippen LogP contribution in [-0.4, -0.2) is 10.3 Å². The van der Waals surface area contributed by atoms with E-state index >= 15 is 0 Å². The van der Waals surface area contributed by atoms with Gasteiger partial charge in [0.25, 0.3) is 0 Å². The third kappa shape index (κ3) is 1.89. The van der Waals surface area contributed by atoms with Gasteiger partial charge in [-0.2, -0.15) is 0 Å². The summed E-state index contributed by atoms with van der Waals surface area (Å²) in [7, 11) is 0. The molecule has 0 atom stereocenters. The van der Waals surface area contributed by atoms with Crippen molar-refractivity contribution in [2.45, 2.75) is 6.61 Å². The zero-order valence-corrected chi connectivity index (χ0v) is 8.93. The van der Waals surface area contributed by atoms with E-state index in [1.165, 1.54) is 0 Å². The van der Waals surface area contributed by atoms with Gasteiger partial charge in [0, 0.05) is 5.56 Å². The van der Waals surface area contributed by atoms with Crippen LogP contribution in [0.3, 0.4) is 0 Å². The molecule has 2 aromatic rings. The number of aliphatic hydroxyl groups is 1. The second-order valence-corrected chi connectivity index (χ2v) is 3.51. The molecule has 0 aliphatic carbocycles. The molecule has 3 nitrogen and oxygen atoms in total. The summed E-state index contributed by atoms with van der Waals surface area (Å²) in [6, 6.07) is 1.73. The number of hydrogen-bond donors (Lipinski definition) is 1. The van der Waals surface area contributed by atoms with Crippen LogP contribution < -0.4 is 0 Å². The molecule has 0 amide bonds. The maximum Gasteiger partial charge on any atom is 0.232 e. The monoisotopic (exact) mass is 263 g/mol. The first-order valence-electron chi connectivity index (χ1n) is 4.45. The molecule has 0 saturated carbocycles. The highest BCUT2D eigenvalue weighted by atomic mass is 35.5. The summed E-state index contributed by atoms with van der Waals surface area (Å²) in [4.78, 5) is 0. The van der Waals surface area contributed by atoms with E-state index in [4.69, 9.17) is 16.7 Å². The molecule has 1 N–H and O–H groups in total. The van der Waals surface area contributed by atoms with Gasteiger partial charge in [-0.15, -0.1) is 0 Å². The number of benzene rings is 1. The van der Waals surface area contributed by atoms with E-state index in [-0.39, 0.29) is 22.0 Å². The minimum atomic E-state index is -1.62. The molecule has 17 heavy (non-hydrogen) atoms. The van der Waals surface area contributed by atoms with Gasteiger partial charge in [-0.1, -0.05) is 5.16 Å². The summed E-state index contributed by atoms with van der Waals surface area (Å²) in [5, 5.41) is 12.2. The minimum Gasteiger partial charge on any atom is -0.391 e. The van der Waals surface area contributed by atoms with Gasteiger partial charge < -0.3 is 9.63 Å². The van der Waals surface area contributed by atoms with Crippen molar-refractivity contribution >= 4 is 11.6 Å². The van der Waals surface area contributed by atoms with Crippen LogP contribution in [0.15, 0.2) is 16.7 Å². The molecule has 0 unspecified atom stereocenters. The summed E-state index contributed by atoms with van der Waals surface area (Å²) in [6.45, 7) is -0.559. The predicted octanol–water partition coefficient (Wildman–Crippen LogP) is 2.90. The summed E-state index contributed by atoms with van der Waals surface area (Å²) >= 11 is 5.54. The Balaban J connectivity index is 2.65. The van der Waals surface area contributed by atoms with E-state index in [1.54, 1.807) is 0 Å². The zero-order chi connectivity index (χ0) is 12.6. The van der Waals surface area contributed by atoms with E-state index in [0.29, 0.717) is 0 Å². The lowest BCUT2D eigenvalue weighted by atomic mass is 10.1. The topological polar surface area (TPSA) is 46.3 Å². The second-order valence-electron chi connectivity index (χ2n) is 3.16. The van der Waals surface area contributed by atoms with Crippen LogP contribution in [0.5, 0.6) is 0 Å². The fourth-order valence-corrected chi connectivity index (χ4v) is 1.53. The number of aromatic nitrogens is 1. The second kappa shape index (κ2) is 4.38. The average molecular weight is 264 g/mol. The summed E-state index contributed by atoms with van der Waals surface area (Å²) in [5.74, 6) is -4.35. The Morgan fingerprint density at radius 2 is 1.94 bits per heavy atom. The lowest BCUT2D eigenvalue weighted by Crippen LogP contribution is -1.96. The highest BCUT2D eigenvalue weighted by molar-refractivity contribution is 6.29. The van der Waals surface area contributed by atoms with E-state index in [0.717, 1.165) is 12.1 Å². The molecule has 1 heterocycles. The number of aliphatic hydroxyl groups excluding tert-OH is 1. The Labute approximate surface area is 98.4 Å². The molecule has 0 aliphatic rings. The normalized spacial score (nSPS) is 10.9. The quantitative estimate of drug-likeness (QED) is 0.848. The Bertz CT molecular complexity index is 571. The highest BCUT2D eigenvalue weighted by Gasteiger charge is 2.21. The standard InChI is InChI=1S/C10H5ClF3NO2/c11-10-5(3-16)9(15-17-10)4-1-2-6(12)8(14)7(4)13/h1-2,16H,3H2. The van der Waals surface area contributed by atoms with E-state index in [9.17, 15) is 13.2 Å². The van der Waals surface area contributed by atoms with Gasteiger partial charge in [0.2, 0.25) is 5.22 Å². The Hall–Kier alpha value is -1.53. The highest BCUT2D eigenvalue weighted by Crippen LogP contribution is 2.31. The van der Waals surface area contributed by atoms with Crippen LogP contribution in [0.25, 0.3) is 11.3 Å². The maximum atomic E-state index is 13.5. The van der Waals surface area contributed by atoms with Crippen molar-refractivity contribution in [3.05, 3.63) is 40.4 Å². The van der Waals surface area contributed by atoms with Gasteiger partial charge in [0.05, 0.1) is 12.2 Å². The summed E-state index contributed by atoms with van der Waals surface area (Å²) in [5.41, 5.74) is -0.478. The molecule has 0 bridgehead atoms. The van der Waals surface area contributed by atoms with Gasteiger partial charge in [-0.3, -0.25) is 0 Å². The zero-order valence-electron chi connectivity index (χ0n) is 8.18. The van der Waals surface area contributed by atoms with Crippen molar-refractivity contribution in [1.82, 2.24) is 5.16 Å². The van der Waals surface area contributed by atoms with E-state index in [2.05, 4.69) is 9.68 Å². The van der Waals surface area contributed by atoms with Gasteiger partial charge in [-0.05, 0) is 23.7 Å². The van der Waals surface area contributed by atoms with Crippen LogP contribution in [0.4, 0.5) is 13.2 Å². The van der Waals surface area contributed by atoms with Gasteiger partial charge in [-0.25, -0.2) is 13.2 Å². The molecule has 2 rings (SSSR count). The number of hydrogen-bond acceptors (Lipinski definition) is 3. The minimum absolute atomic E-state index is 0.0107. The van der Waals surface area contributed by atoms with Crippen molar-refractivity contribution < 1.29 is 22.8 Å². The molecule has 0 aliphatic heterocycles. The van der Waals surface area contributed by atoms with Crippen LogP contribution in [-0.2, 0) is 6.61 Å². The predicted molar refractivity (Wildman–Crippen MR) is 52.7 cm³/mol. The molecule has 1 aromatic heterocycles. The molecule has 90 valence electrons. The van der Waals surface area contributed by atoms with Crippen molar-refractivity contribution in [2.75, 3.05) is 0 Å². The fraction of sp³-hybridized carbons (Fsp3) is 0.100. The molecular weight excluding hydrogens is 259 g/mol. The molecule has 0 spiro atoms. The molecule has 0 saturated heterocycles. The average Bonchev–Trinajstić information content (AvgIpc) is 2.67. The number of halogens is 4. The molecule has 1 aromatic carbocycles. The SMILES string of the molecule is OCc1c(-c2ccc(F)c(F)c2F)noc1Cl. The van der Waals surface area contributed by atoms with Crippen molar-refractivity contribution in [1.29, 1.82) is 0 Å². The molecule has 0 radical (unpaired) electrons. The number of rotatable bonds is 2. The Morgan fingerprint density at radius 3 is 2.59 bits per heavy atom. The van der Waals surface area contributed by atoms with Crippen molar-refractivity contribution in [3.63, 3.8) is 0 Å². The first-order valence-corrected chi connectivity index (χ1v) is 4.82. The van der Waals surface area contributed by atoms with E-state index < -0.39 is 24.1 Å². The fourth-order valence-electron chi connectivity index (χ4n) is 1.35. The summed E-state index contributed by atoms with van der Waals surface area (Å²) < 4.78 is 43.7. The smallest absolute Gasteiger partial charge is 0.232 e. The largest absolute Gasteiger partial charge is 0.391 e. The van der Waals surface area contributed by atoms with Crippen molar-refractivity contribution in [3.8, 4) is 11.3 Å². The maximum absolute atomic E-state index is 13.5. The van der Waals surface area contributed by atoms with Crippen LogP contribution in [0.2, 0.25) is 5.22 Å². The third-order valence-corrected chi connectivity index (χ3v) is 2.49. The first-order chi connectivity index (χ1) is 8.06. The lowest BCUT2D eigenvalue weighted by Gasteiger charge is -2.02. The van der Waals surface area contributed by atoms with Crippen LogP contribution in [0.1, 0.15) is 5.56 Å². The number of nitrogens with zero attached hydrogens (tertiary/aromatic N) is 1. The van der Waals surface area contributed by atoms with Crippen LogP contribution in [0, 0.1) is 17.5 Å². The van der Waals surface area contributed by atoms with E-state index in [1.807, 2.05) is 0 Å². The lowest BCUT2D eigenvalue weighted by molar-refractivity contribution is 0.281.